The van der Waals surface area contributed by atoms with Crippen LogP contribution in [0.25, 0.3) is 11.2 Å². The van der Waals surface area contributed by atoms with E-state index in [0.29, 0.717) is 30.1 Å². The van der Waals surface area contributed by atoms with Crippen LogP contribution in [0.1, 0.15) is 65.5 Å². The van der Waals surface area contributed by atoms with E-state index in [2.05, 4.69) is 33.7 Å². The number of pyridine rings is 2. The van der Waals surface area contributed by atoms with E-state index in [-0.39, 0.29) is 23.0 Å². The van der Waals surface area contributed by atoms with Crippen molar-refractivity contribution in [2.24, 2.45) is 5.41 Å². The summed E-state index contributed by atoms with van der Waals surface area (Å²) in [6, 6.07) is 6.04. The normalized spacial score (nSPS) is 13.7. The van der Waals surface area contributed by atoms with Crippen molar-refractivity contribution in [3.63, 3.8) is 0 Å². The maximum atomic E-state index is 14.5. The van der Waals surface area contributed by atoms with Crippen molar-refractivity contribution in [3.8, 4) is 6.07 Å². The van der Waals surface area contributed by atoms with E-state index in [1.54, 1.807) is 17.1 Å². The second-order valence-electron chi connectivity index (χ2n) is 10.7. The molecule has 39 heavy (non-hydrogen) atoms. The highest BCUT2D eigenvalue weighted by atomic mass is 35.5. The van der Waals surface area contributed by atoms with Gasteiger partial charge in [-0.15, -0.1) is 0 Å². The van der Waals surface area contributed by atoms with Gasteiger partial charge in [-0.1, -0.05) is 17.7 Å². The highest BCUT2D eigenvalue weighted by Gasteiger charge is 2.27. The summed E-state index contributed by atoms with van der Waals surface area (Å²) >= 11 is 5.90. The van der Waals surface area contributed by atoms with Crippen molar-refractivity contribution in [1.82, 2.24) is 33.9 Å². The minimum atomic E-state index is -0.579. The lowest BCUT2D eigenvalue weighted by Gasteiger charge is -2.16. The molecule has 0 bridgehead atoms. The molecule has 1 N–H and O–H groups in total. The summed E-state index contributed by atoms with van der Waals surface area (Å²) in [5.41, 5.74) is 4.44. The number of hydrogen-bond acceptors (Lipinski definition) is 5. The third-order valence-corrected chi connectivity index (χ3v) is 7.28. The van der Waals surface area contributed by atoms with Gasteiger partial charge in [0.1, 0.15) is 11.2 Å². The zero-order valence-electron chi connectivity index (χ0n) is 21.5. The van der Waals surface area contributed by atoms with Crippen molar-refractivity contribution in [1.29, 1.82) is 5.26 Å². The van der Waals surface area contributed by atoms with Gasteiger partial charge in [0, 0.05) is 24.8 Å². The summed E-state index contributed by atoms with van der Waals surface area (Å²) in [7, 11) is 0. The first-order chi connectivity index (χ1) is 18.7. The first-order valence-corrected chi connectivity index (χ1v) is 13.1. The molecule has 1 aliphatic carbocycles. The molecule has 0 aliphatic heterocycles. The van der Waals surface area contributed by atoms with Gasteiger partial charge in [-0.3, -0.25) is 9.48 Å². The van der Waals surface area contributed by atoms with E-state index in [1.807, 2.05) is 24.4 Å². The Labute approximate surface area is 228 Å². The van der Waals surface area contributed by atoms with Crippen molar-refractivity contribution in [2.75, 3.05) is 0 Å². The van der Waals surface area contributed by atoms with Crippen molar-refractivity contribution in [2.45, 2.75) is 52.1 Å². The molecule has 0 aromatic carbocycles. The highest BCUT2D eigenvalue weighted by molar-refractivity contribution is 6.31. The summed E-state index contributed by atoms with van der Waals surface area (Å²) < 4.78 is 19.7. The Bertz CT molecular complexity index is 1770. The molecular weight excluding hydrogens is 519 g/mol. The molecule has 1 aliphatic rings. The van der Waals surface area contributed by atoms with Crippen molar-refractivity contribution < 1.29 is 9.18 Å². The van der Waals surface area contributed by atoms with Crippen LogP contribution in [0.2, 0.25) is 5.02 Å². The minimum Gasteiger partial charge on any atom is -0.346 e. The molecule has 0 saturated heterocycles. The third-order valence-electron chi connectivity index (χ3n) is 6.99. The topological polar surface area (TPSA) is 105 Å². The molecule has 0 atom stereocenters. The zero-order valence-corrected chi connectivity index (χ0v) is 22.3. The van der Waals surface area contributed by atoms with E-state index in [9.17, 15) is 14.4 Å². The molecule has 0 radical (unpaired) electrons. The average molecular weight is 545 g/mol. The molecule has 5 aromatic heterocycles. The van der Waals surface area contributed by atoms with E-state index in [1.165, 1.54) is 41.4 Å². The number of amides is 1. The number of carbonyl (C=O) groups is 1. The second-order valence-corrected chi connectivity index (χ2v) is 11.1. The predicted molar refractivity (Wildman–Crippen MR) is 143 cm³/mol. The van der Waals surface area contributed by atoms with Crippen LogP contribution in [-0.2, 0) is 19.5 Å². The summed E-state index contributed by atoms with van der Waals surface area (Å²) in [4.78, 5) is 21.8. The lowest BCUT2D eigenvalue weighted by atomic mass is 9.87. The Balaban J connectivity index is 1.18. The monoisotopic (exact) mass is 544 g/mol. The molecule has 9 nitrogen and oxygen atoms in total. The minimum absolute atomic E-state index is 0.00606. The summed E-state index contributed by atoms with van der Waals surface area (Å²) in [5, 5.41) is 16.7. The summed E-state index contributed by atoms with van der Waals surface area (Å²) in [5.74, 6) is -0.357. The number of carbonyl (C=O) groups excluding carboxylic acids is 1. The van der Waals surface area contributed by atoms with Gasteiger partial charge < -0.3 is 14.1 Å². The van der Waals surface area contributed by atoms with E-state index >= 15 is 0 Å². The number of nitrogens with one attached hydrogen (secondary N) is 1. The molecule has 5 heterocycles. The maximum absolute atomic E-state index is 14.5. The van der Waals surface area contributed by atoms with Crippen LogP contribution in [0.5, 0.6) is 0 Å². The Morgan fingerprint density at radius 2 is 2.10 bits per heavy atom. The van der Waals surface area contributed by atoms with Crippen LogP contribution >= 0.6 is 11.6 Å². The zero-order chi connectivity index (χ0) is 27.3. The van der Waals surface area contributed by atoms with Crippen LogP contribution in [-0.4, -0.2) is 34.5 Å². The number of rotatable bonds is 8. The average Bonchev–Trinajstić information content (AvgIpc) is 3.30. The van der Waals surface area contributed by atoms with Crippen LogP contribution in [0.15, 0.2) is 49.4 Å². The fourth-order valence-corrected chi connectivity index (χ4v) is 4.97. The number of nitriles is 1. The SMILES string of the molecule is CC(C)(C#N)Cc1cc(C2CC2)cn2cc(Cn3cc(C(=O)NCc4ncn5ccc(Cl)c(F)c45)cn3)nc12. The van der Waals surface area contributed by atoms with Crippen LogP contribution in [0.3, 0.4) is 0 Å². The Kier molecular flexibility index (Phi) is 6.11. The van der Waals surface area contributed by atoms with E-state index < -0.39 is 11.2 Å². The van der Waals surface area contributed by atoms with Crippen LogP contribution in [0, 0.1) is 22.6 Å². The third kappa shape index (κ3) is 4.98. The lowest BCUT2D eigenvalue weighted by molar-refractivity contribution is 0.0950. The first kappa shape index (κ1) is 25.1. The van der Waals surface area contributed by atoms with Crippen LogP contribution < -0.4 is 5.32 Å². The number of nitrogens with zero attached hydrogens (tertiary/aromatic N) is 7. The Morgan fingerprint density at radius 1 is 1.28 bits per heavy atom. The molecule has 6 rings (SSSR count). The fraction of sp³-hybridized carbons (Fsp3) is 0.321. The standard InChI is InChI=1S/C28H26ClFN8O/c1-28(2,15-31)8-18-7-19(17-3-4-17)11-37-13-21(35-26(18)37)14-38-12-20(9-34-38)27(39)32-10-23-25-24(30)22(29)5-6-36(25)16-33-23/h5-7,9,11-13,16-17H,3-4,8,10,14H2,1-2H3,(H,32,39). The fourth-order valence-electron chi connectivity index (χ4n) is 4.82. The van der Waals surface area contributed by atoms with Gasteiger partial charge in [0.15, 0.2) is 5.82 Å². The van der Waals surface area contributed by atoms with Gasteiger partial charge in [-0.05, 0) is 56.2 Å². The quantitative estimate of drug-likeness (QED) is 0.298. The molecule has 198 valence electrons. The first-order valence-electron chi connectivity index (χ1n) is 12.7. The number of aromatic nitrogens is 6. The van der Waals surface area contributed by atoms with Gasteiger partial charge in [0.05, 0.1) is 59.1 Å². The number of hydrogen-bond donors (Lipinski definition) is 1. The summed E-state index contributed by atoms with van der Waals surface area (Å²) in [6.45, 7) is 4.29. The number of fused-ring (bicyclic) bond motifs is 2. The number of halogens is 2. The molecule has 5 aromatic rings. The van der Waals surface area contributed by atoms with Gasteiger partial charge in [-0.2, -0.15) is 10.4 Å². The van der Waals surface area contributed by atoms with Gasteiger partial charge in [0.2, 0.25) is 0 Å². The predicted octanol–water partition coefficient (Wildman–Crippen LogP) is 4.92. The molecule has 0 spiro atoms. The van der Waals surface area contributed by atoms with Gasteiger partial charge >= 0.3 is 0 Å². The van der Waals surface area contributed by atoms with Gasteiger partial charge in [0.25, 0.3) is 5.91 Å². The smallest absolute Gasteiger partial charge is 0.254 e. The van der Waals surface area contributed by atoms with E-state index in [0.717, 1.165) is 16.9 Å². The molecule has 1 fully saturated rings. The second kappa shape index (κ2) is 9.50. The molecular formula is C28H26ClFN8O. The van der Waals surface area contributed by atoms with Gasteiger partial charge in [-0.25, -0.2) is 14.4 Å². The van der Waals surface area contributed by atoms with Crippen molar-refractivity contribution >= 4 is 28.7 Å². The highest BCUT2D eigenvalue weighted by Crippen LogP contribution is 2.41. The Morgan fingerprint density at radius 3 is 2.87 bits per heavy atom. The molecule has 1 saturated carbocycles. The maximum Gasteiger partial charge on any atom is 0.254 e. The van der Waals surface area contributed by atoms with Crippen molar-refractivity contribution in [3.05, 3.63) is 88.4 Å². The summed E-state index contributed by atoms with van der Waals surface area (Å²) in [6.07, 6.45) is 13.3. The molecule has 1 amide bonds. The lowest BCUT2D eigenvalue weighted by Crippen LogP contribution is -2.22. The largest absolute Gasteiger partial charge is 0.346 e. The Hall–Kier alpha value is -4.23. The van der Waals surface area contributed by atoms with E-state index in [4.69, 9.17) is 16.6 Å². The molecule has 0 unspecified atom stereocenters. The van der Waals surface area contributed by atoms with Crippen LogP contribution in [0.4, 0.5) is 4.39 Å². The number of imidazole rings is 2. The molecule has 11 heteroatoms.